The first-order chi connectivity index (χ1) is 7.80. The molecule has 0 unspecified atom stereocenters. The molecule has 17 heavy (non-hydrogen) atoms. The predicted molar refractivity (Wildman–Crippen MR) is 62.7 cm³/mol. The van der Waals surface area contributed by atoms with Crippen molar-refractivity contribution in [1.82, 2.24) is 0 Å². The molecule has 5 nitrogen and oxygen atoms in total. The summed E-state index contributed by atoms with van der Waals surface area (Å²) in [5.41, 5.74) is 0.0820. The Morgan fingerprint density at radius 2 is 1.82 bits per heavy atom. The summed E-state index contributed by atoms with van der Waals surface area (Å²) in [7, 11) is -3.61. The normalized spacial score (nSPS) is 11.5. The van der Waals surface area contributed by atoms with Crippen LogP contribution in [0.25, 0.3) is 0 Å². The van der Waals surface area contributed by atoms with Crippen molar-refractivity contribution in [3.8, 4) is 5.75 Å². The fraction of sp³-hybridized carbons (Fsp3) is 0.364. The number of hydrogen-bond donors (Lipinski definition) is 1. The summed E-state index contributed by atoms with van der Waals surface area (Å²) in [6.45, 7) is 3.54. The molecular weight excluding hydrogens is 244 g/mol. The van der Waals surface area contributed by atoms with Crippen molar-refractivity contribution in [3.05, 3.63) is 29.8 Å². The van der Waals surface area contributed by atoms with E-state index in [4.69, 9.17) is 9.29 Å². The molecule has 0 radical (unpaired) electrons. The Morgan fingerprint density at radius 1 is 1.29 bits per heavy atom. The van der Waals surface area contributed by atoms with Gasteiger partial charge in [-0.3, -0.25) is 0 Å². The predicted octanol–water partition coefficient (Wildman–Crippen LogP) is 1.75. The van der Waals surface area contributed by atoms with Gasteiger partial charge in [0, 0.05) is 0 Å². The molecule has 0 aliphatic carbocycles. The number of hydrogen-bond acceptors (Lipinski definition) is 4. The van der Waals surface area contributed by atoms with E-state index in [1.165, 1.54) is 24.3 Å². The average molecular weight is 258 g/mol. The summed E-state index contributed by atoms with van der Waals surface area (Å²) in [5.74, 6) is -1.05. The molecule has 0 amide bonds. The molecule has 0 saturated carbocycles. The van der Waals surface area contributed by atoms with Crippen molar-refractivity contribution < 1.29 is 22.5 Å². The SMILES string of the molecule is CC(C)CS(=O)(=O)Oc1ccc(C(=O)O)cc1. The van der Waals surface area contributed by atoms with E-state index in [9.17, 15) is 13.2 Å². The van der Waals surface area contributed by atoms with Gasteiger partial charge in [-0.2, -0.15) is 8.42 Å². The van der Waals surface area contributed by atoms with Crippen LogP contribution in [0.4, 0.5) is 0 Å². The maximum absolute atomic E-state index is 11.5. The molecule has 0 saturated heterocycles. The molecule has 0 spiro atoms. The van der Waals surface area contributed by atoms with Gasteiger partial charge in [0.2, 0.25) is 0 Å². The number of aromatic carboxylic acids is 1. The minimum atomic E-state index is -3.61. The highest BCUT2D eigenvalue weighted by Gasteiger charge is 2.15. The van der Waals surface area contributed by atoms with E-state index >= 15 is 0 Å². The minimum Gasteiger partial charge on any atom is -0.478 e. The lowest BCUT2D eigenvalue weighted by molar-refractivity contribution is 0.0697. The molecule has 1 rings (SSSR count). The van der Waals surface area contributed by atoms with E-state index in [-0.39, 0.29) is 23.0 Å². The molecule has 0 aliphatic heterocycles. The zero-order chi connectivity index (χ0) is 13.1. The first-order valence-electron chi connectivity index (χ1n) is 5.05. The van der Waals surface area contributed by atoms with Crippen molar-refractivity contribution in [1.29, 1.82) is 0 Å². The van der Waals surface area contributed by atoms with Gasteiger partial charge in [-0.15, -0.1) is 0 Å². The van der Waals surface area contributed by atoms with Gasteiger partial charge >= 0.3 is 16.1 Å². The summed E-state index contributed by atoms with van der Waals surface area (Å²) in [6, 6.07) is 5.23. The van der Waals surface area contributed by atoms with Crippen LogP contribution < -0.4 is 4.18 Å². The second-order valence-corrected chi connectivity index (χ2v) is 5.65. The van der Waals surface area contributed by atoms with Crippen LogP contribution in [-0.2, 0) is 10.1 Å². The fourth-order valence-corrected chi connectivity index (χ4v) is 2.53. The number of rotatable bonds is 5. The zero-order valence-electron chi connectivity index (χ0n) is 9.58. The quantitative estimate of drug-likeness (QED) is 0.814. The molecule has 0 heterocycles. The third-order valence-electron chi connectivity index (χ3n) is 1.86. The molecule has 0 atom stereocenters. The largest absolute Gasteiger partial charge is 0.478 e. The van der Waals surface area contributed by atoms with Gasteiger partial charge in [0.1, 0.15) is 5.75 Å². The summed E-state index contributed by atoms with van der Waals surface area (Å²) in [6.07, 6.45) is 0. The van der Waals surface area contributed by atoms with Crippen molar-refractivity contribution in [2.75, 3.05) is 5.75 Å². The first kappa shape index (κ1) is 13.5. The van der Waals surface area contributed by atoms with Crippen molar-refractivity contribution >= 4 is 16.1 Å². The maximum Gasteiger partial charge on any atom is 0.335 e. The Hall–Kier alpha value is -1.56. The van der Waals surface area contributed by atoms with Gasteiger partial charge in [-0.1, -0.05) is 13.8 Å². The van der Waals surface area contributed by atoms with E-state index < -0.39 is 16.1 Å². The molecule has 1 aromatic carbocycles. The van der Waals surface area contributed by atoms with Crippen LogP contribution in [0.5, 0.6) is 5.75 Å². The highest BCUT2D eigenvalue weighted by molar-refractivity contribution is 7.87. The highest BCUT2D eigenvalue weighted by atomic mass is 32.2. The first-order valence-corrected chi connectivity index (χ1v) is 6.63. The van der Waals surface area contributed by atoms with E-state index in [0.717, 1.165) is 0 Å². The lowest BCUT2D eigenvalue weighted by Gasteiger charge is -2.08. The van der Waals surface area contributed by atoms with Gasteiger partial charge in [0.15, 0.2) is 0 Å². The average Bonchev–Trinajstić information content (AvgIpc) is 2.15. The Balaban J connectivity index is 2.79. The molecule has 0 aliphatic rings. The van der Waals surface area contributed by atoms with E-state index in [1.807, 2.05) is 0 Å². The fourth-order valence-electron chi connectivity index (χ4n) is 1.24. The van der Waals surface area contributed by atoms with Crippen LogP contribution in [0.2, 0.25) is 0 Å². The van der Waals surface area contributed by atoms with Gasteiger partial charge in [0.25, 0.3) is 0 Å². The summed E-state index contributed by atoms with van der Waals surface area (Å²) in [5, 5.41) is 8.67. The highest BCUT2D eigenvalue weighted by Crippen LogP contribution is 2.15. The van der Waals surface area contributed by atoms with E-state index in [1.54, 1.807) is 13.8 Å². The Kier molecular flexibility index (Phi) is 4.11. The Morgan fingerprint density at radius 3 is 2.24 bits per heavy atom. The Labute approximate surface area is 100 Å². The number of carbonyl (C=O) groups is 1. The third-order valence-corrected chi connectivity index (χ3v) is 3.38. The van der Waals surface area contributed by atoms with Crippen LogP contribution >= 0.6 is 0 Å². The zero-order valence-corrected chi connectivity index (χ0v) is 10.4. The van der Waals surface area contributed by atoms with Crippen molar-refractivity contribution in [3.63, 3.8) is 0 Å². The van der Waals surface area contributed by atoms with Crippen LogP contribution in [0.15, 0.2) is 24.3 Å². The second kappa shape index (κ2) is 5.18. The van der Waals surface area contributed by atoms with E-state index in [0.29, 0.717) is 0 Å². The lowest BCUT2D eigenvalue weighted by Crippen LogP contribution is -2.17. The summed E-state index contributed by atoms with van der Waals surface area (Å²) >= 11 is 0. The molecule has 0 aromatic heterocycles. The third kappa shape index (κ3) is 4.44. The minimum absolute atomic E-state index is 0.0294. The monoisotopic (exact) mass is 258 g/mol. The standard InChI is InChI=1S/C11H14O5S/c1-8(2)7-17(14,15)16-10-5-3-9(4-6-10)11(12)13/h3-6,8H,7H2,1-2H3,(H,12,13). The molecule has 6 heteroatoms. The van der Waals surface area contributed by atoms with Crippen LogP contribution in [0.1, 0.15) is 24.2 Å². The summed E-state index contributed by atoms with van der Waals surface area (Å²) in [4.78, 5) is 10.6. The van der Waals surface area contributed by atoms with Crippen LogP contribution in [0, 0.1) is 5.92 Å². The lowest BCUT2D eigenvalue weighted by atomic mass is 10.2. The van der Waals surface area contributed by atoms with Gasteiger partial charge in [-0.05, 0) is 30.2 Å². The van der Waals surface area contributed by atoms with Crippen molar-refractivity contribution in [2.45, 2.75) is 13.8 Å². The maximum atomic E-state index is 11.5. The number of carboxylic acids is 1. The number of carboxylic acid groups (broad SMARTS) is 1. The van der Waals surface area contributed by atoms with E-state index in [2.05, 4.69) is 0 Å². The van der Waals surface area contributed by atoms with Gasteiger partial charge < -0.3 is 9.29 Å². The van der Waals surface area contributed by atoms with Crippen molar-refractivity contribution in [2.24, 2.45) is 5.92 Å². The smallest absolute Gasteiger partial charge is 0.335 e. The summed E-state index contributed by atoms with van der Waals surface area (Å²) < 4.78 is 27.8. The molecule has 1 aromatic rings. The van der Waals surface area contributed by atoms with Gasteiger partial charge in [0.05, 0.1) is 11.3 Å². The van der Waals surface area contributed by atoms with Crippen LogP contribution in [-0.4, -0.2) is 25.2 Å². The topological polar surface area (TPSA) is 80.7 Å². The second-order valence-electron chi connectivity index (χ2n) is 4.03. The Bertz CT molecular complexity index is 487. The molecule has 94 valence electrons. The molecule has 1 N–H and O–H groups in total. The molecule has 0 bridgehead atoms. The number of benzene rings is 1. The van der Waals surface area contributed by atoms with Crippen LogP contribution in [0.3, 0.4) is 0 Å². The molecular formula is C11H14O5S. The molecule has 0 fully saturated rings. The van der Waals surface area contributed by atoms with Gasteiger partial charge in [-0.25, -0.2) is 4.79 Å².